The van der Waals surface area contributed by atoms with Crippen molar-refractivity contribution in [3.05, 3.63) is 0 Å². The van der Waals surface area contributed by atoms with E-state index in [2.05, 4.69) is 11.8 Å². The van der Waals surface area contributed by atoms with Gasteiger partial charge in [-0.2, -0.15) is 0 Å². The standard InChI is InChI=1S/C17H30N2O4/c1-5-13-7-6-8-19(10-13)17(9-14(20)21)11-18(12-17)15(22)23-16(2,3)4/h13H,5-12H2,1-4H3,(H,20,21). The number of rotatable bonds is 4. The maximum atomic E-state index is 12.2. The van der Waals surface area contributed by atoms with Gasteiger partial charge in [-0.15, -0.1) is 0 Å². The van der Waals surface area contributed by atoms with E-state index in [4.69, 9.17) is 4.74 Å². The Bertz CT molecular complexity index is 452. The molecule has 0 aromatic rings. The summed E-state index contributed by atoms with van der Waals surface area (Å²) in [6.07, 6.45) is 3.18. The normalized spacial score (nSPS) is 24.9. The van der Waals surface area contributed by atoms with Crippen molar-refractivity contribution in [1.82, 2.24) is 9.80 Å². The van der Waals surface area contributed by atoms with Crippen LogP contribution in [0.5, 0.6) is 0 Å². The SMILES string of the molecule is CCC1CCCN(C2(CC(=O)O)CN(C(=O)OC(C)(C)C)C2)C1. The van der Waals surface area contributed by atoms with Gasteiger partial charge in [-0.25, -0.2) is 4.79 Å². The highest BCUT2D eigenvalue weighted by Gasteiger charge is 2.52. The summed E-state index contributed by atoms with van der Waals surface area (Å²) in [5.41, 5.74) is -0.947. The molecule has 1 unspecified atom stereocenters. The van der Waals surface area contributed by atoms with Gasteiger partial charge in [0, 0.05) is 19.6 Å². The molecule has 132 valence electrons. The van der Waals surface area contributed by atoms with Crippen molar-refractivity contribution >= 4 is 12.1 Å². The zero-order valence-electron chi connectivity index (χ0n) is 14.8. The third-order valence-corrected chi connectivity index (χ3v) is 4.87. The molecule has 0 aromatic heterocycles. The van der Waals surface area contributed by atoms with E-state index in [0.29, 0.717) is 19.0 Å². The van der Waals surface area contributed by atoms with E-state index in [-0.39, 0.29) is 12.5 Å². The van der Waals surface area contributed by atoms with Gasteiger partial charge in [0.2, 0.25) is 0 Å². The number of carboxylic acid groups (broad SMARTS) is 1. The fraction of sp³-hybridized carbons (Fsp3) is 0.882. The van der Waals surface area contributed by atoms with Crippen LogP contribution >= 0.6 is 0 Å². The molecule has 2 aliphatic rings. The van der Waals surface area contributed by atoms with Gasteiger partial charge in [0.1, 0.15) is 5.60 Å². The Morgan fingerprint density at radius 1 is 1.30 bits per heavy atom. The van der Waals surface area contributed by atoms with Gasteiger partial charge in [0.05, 0.1) is 12.0 Å². The van der Waals surface area contributed by atoms with E-state index in [9.17, 15) is 14.7 Å². The van der Waals surface area contributed by atoms with E-state index in [1.54, 1.807) is 4.90 Å². The van der Waals surface area contributed by atoms with Crippen molar-refractivity contribution in [2.75, 3.05) is 26.2 Å². The van der Waals surface area contributed by atoms with Crippen LogP contribution in [-0.4, -0.2) is 64.3 Å². The van der Waals surface area contributed by atoms with E-state index in [1.165, 1.54) is 6.42 Å². The number of aliphatic carboxylic acids is 1. The summed E-state index contributed by atoms with van der Waals surface area (Å²) in [4.78, 5) is 27.4. The minimum Gasteiger partial charge on any atom is -0.481 e. The largest absolute Gasteiger partial charge is 0.481 e. The summed E-state index contributed by atoms with van der Waals surface area (Å²) >= 11 is 0. The molecule has 0 bridgehead atoms. The van der Waals surface area contributed by atoms with Crippen molar-refractivity contribution in [2.45, 2.75) is 64.5 Å². The van der Waals surface area contributed by atoms with Crippen LogP contribution < -0.4 is 0 Å². The quantitative estimate of drug-likeness (QED) is 0.860. The second-order valence-corrected chi connectivity index (χ2v) is 7.99. The number of ether oxygens (including phenoxy) is 1. The second-order valence-electron chi connectivity index (χ2n) is 7.99. The van der Waals surface area contributed by atoms with Crippen molar-refractivity contribution in [3.8, 4) is 0 Å². The van der Waals surface area contributed by atoms with Crippen LogP contribution in [0.1, 0.15) is 53.4 Å². The molecule has 0 saturated carbocycles. The van der Waals surface area contributed by atoms with Gasteiger partial charge >= 0.3 is 12.1 Å². The smallest absolute Gasteiger partial charge is 0.410 e. The molecule has 6 nitrogen and oxygen atoms in total. The Hall–Kier alpha value is -1.30. The summed E-state index contributed by atoms with van der Waals surface area (Å²) < 4.78 is 5.39. The molecule has 23 heavy (non-hydrogen) atoms. The Morgan fingerprint density at radius 3 is 2.48 bits per heavy atom. The van der Waals surface area contributed by atoms with Crippen LogP contribution in [0.4, 0.5) is 4.79 Å². The average Bonchev–Trinajstić information content (AvgIpc) is 2.40. The molecule has 0 aliphatic carbocycles. The zero-order valence-corrected chi connectivity index (χ0v) is 14.8. The molecule has 2 fully saturated rings. The fourth-order valence-electron chi connectivity index (χ4n) is 3.65. The fourth-order valence-corrected chi connectivity index (χ4v) is 3.65. The molecule has 0 spiro atoms. The van der Waals surface area contributed by atoms with E-state index in [0.717, 1.165) is 25.9 Å². The molecule has 2 saturated heterocycles. The number of hydrogen-bond donors (Lipinski definition) is 1. The maximum absolute atomic E-state index is 12.2. The number of likely N-dealkylation sites (tertiary alicyclic amines) is 2. The molecule has 2 heterocycles. The predicted molar refractivity (Wildman–Crippen MR) is 87.4 cm³/mol. The average molecular weight is 326 g/mol. The van der Waals surface area contributed by atoms with Crippen molar-refractivity contribution in [1.29, 1.82) is 0 Å². The molecule has 0 aromatic carbocycles. The number of amides is 1. The van der Waals surface area contributed by atoms with Crippen LogP contribution in [0.3, 0.4) is 0 Å². The van der Waals surface area contributed by atoms with Gasteiger partial charge in [-0.3, -0.25) is 9.69 Å². The maximum Gasteiger partial charge on any atom is 0.410 e. The third kappa shape index (κ3) is 4.37. The lowest BCUT2D eigenvalue weighted by Gasteiger charge is -2.56. The second kappa shape index (κ2) is 6.67. The number of hydrogen-bond acceptors (Lipinski definition) is 4. The van der Waals surface area contributed by atoms with E-state index in [1.807, 2.05) is 20.8 Å². The van der Waals surface area contributed by atoms with Crippen molar-refractivity contribution < 1.29 is 19.4 Å². The highest BCUT2D eigenvalue weighted by molar-refractivity contribution is 5.73. The Kier molecular flexibility index (Phi) is 5.23. The van der Waals surface area contributed by atoms with Crippen molar-refractivity contribution in [3.63, 3.8) is 0 Å². The summed E-state index contributed by atoms with van der Waals surface area (Å²) in [5, 5.41) is 9.32. The Balaban J connectivity index is 2.03. The lowest BCUT2D eigenvalue weighted by atomic mass is 9.81. The first kappa shape index (κ1) is 18.0. The van der Waals surface area contributed by atoms with Gasteiger partial charge in [-0.05, 0) is 46.1 Å². The first-order valence-electron chi connectivity index (χ1n) is 8.60. The van der Waals surface area contributed by atoms with Crippen LogP contribution in [-0.2, 0) is 9.53 Å². The molecule has 1 N–H and O–H groups in total. The topological polar surface area (TPSA) is 70.1 Å². The first-order valence-corrected chi connectivity index (χ1v) is 8.60. The van der Waals surface area contributed by atoms with Gasteiger partial charge in [0.15, 0.2) is 0 Å². The first-order chi connectivity index (χ1) is 10.6. The number of piperidine rings is 1. The number of carbonyl (C=O) groups excluding carboxylic acids is 1. The van der Waals surface area contributed by atoms with Crippen LogP contribution in [0.2, 0.25) is 0 Å². The molecule has 1 amide bonds. The van der Waals surface area contributed by atoms with Gasteiger partial charge in [-0.1, -0.05) is 13.3 Å². The Labute approximate surface area is 138 Å². The monoisotopic (exact) mass is 326 g/mol. The minimum atomic E-state index is -0.799. The highest BCUT2D eigenvalue weighted by atomic mass is 16.6. The number of carboxylic acids is 1. The molecular weight excluding hydrogens is 296 g/mol. The number of nitrogens with zero attached hydrogens (tertiary/aromatic N) is 2. The zero-order chi connectivity index (χ0) is 17.3. The highest BCUT2D eigenvalue weighted by Crippen LogP contribution is 2.36. The minimum absolute atomic E-state index is 0.0860. The van der Waals surface area contributed by atoms with Gasteiger partial charge in [0.25, 0.3) is 0 Å². The predicted octanol–water partition coefficient (Wildman–Crippen LogP) is 2.57. The molecular formula is C17H30N2O4. The van der Waals surface area contributed by atoms with E-state index >= 15 is 0 Å². The molecule has 6 heteroatoms. The lowest BCUT2D eigenvalue weighted by molar-refractivity contribution is -0.147. The van der Waals surface area contributed by atoms with Crippen LogP contribution in [0, 0.1) is 5.92 Å². The summed E-state index contributed by atoms with van der Waals surface area (Å²) in [5.74, 6) is -0.169. The van der Waals surface area contributed by atoms with Crippen molar-refractivity contribution in [2.24, 2.45) is 5.92 Å². The summed E-state index contributed by atoms with van der Waals surface area (Å²) in [7, 11) is 0. The molecule has 2 rings (SSSR count). The third-order valence-electron chi connectivity index (χ3n) is 4.87. The summed E-state index contributed by atoms with van der Waals surface area (Å²) in [6.45, 7) is 10.5. The molecule has 1 atom stereocenters. The lowest BCUT2D eigenvalue weighted by Crippen LogP contribution is -2.73. The van der Waals surface area contributed by atoms with Crippen LogP contribution in [0.15, 0.2) is 0 Å². The molecule has 2 aliphatic heterocycles. The summed E-state index contributed by atoms with van der Waals surface area (Å²) in [6, 6.07) is 0. The van der Waals surface area contributed by atoms with E-state index < -0.39 is 17.1 Å². The molecule has 0 radical (unpaired) electrons. The number of carbonyl (C=O) groups is 2. The van der Waals surface area contributed by atoms with Crippen LogP contribution in [0.25, 0.3) is 0 Å². The Morgan fingerprint density at radius 2 is 1.96 bits per heavy atom. The van der Waals surface area contributed by atoms with Gasteiger partial charge < -0.3 is 14.7 Å².